The van der Waals surface area contributed by atoms with Crippen molar-refractivity contribution in [2.45, 2.75) is 19.4 Å². The van der Waals surface area contributed by atoms with E-state index in [1.54, 1.807) is 28.5 Å². The van der Waals surface area contributed by atoms with Crippen LogP contribution >= 0.6 is 22.9 Å². The number of carbonyl (C=O) groups excluding carboxylic acids is 1. The molecule has 1 fully saturated rings. The van der Waals surface area contributed by atoms with E-state index < -0.39 is 0 Å². The summed E-state index contributed by atoms with van der Waals surface area (Å²) in [5.41, 5.74) is 1.02. The molecule has 2 N–H and O–H groups in total. The van der Waals surface area contributed by atoms with Gasteiger partial charge in [-0.15, -0.1) is 11.3 Å². The number of hydrogen-bond acceptors (Lipinski definition) is 7. The number of aliphatic hydroxyl groups is 1. The fraction of sp³-hybridized carbons (Fsp3) is 0.300. The molecule has 0 radical (unpaired) electrons. The summed E-state index contributed by atoms with van der Waals surface area (Å²) in [6.07, 6.45) is 3.81. The molecule has 1 saturated heterocycles. The molecule has 1 aliphatic heterocycles. The largest absolute Gasteiger partial charge is 0.396 e. The smallest absolute Gasteiger partial charge is 0.228 e. The van der Waals surface area contributed by atoms with Crippen LogP contribution in [0.5, 0.6) is 0 Å². The molecule has 3 heterocycles. The van der Waals surface area contributed by atoms with E-state index in [0.717, 1.165) is 15.4 Å². The van der Waals surface area contributed by atoms with Crippen LogP contribution in [-0.4, -0.2) is 39.1 Å². The van der Waals surface area contributed by atoms with Gasteiger partial charge in [-0.2, -0.15) is 4.98 Å². The minimum absolute atomic E-state index is 0.00318. The SMILES string of the molecule is C[C@H](Nc1nccc(N2C[C@@H](CO)CC2=O)n1)c1cnc(-c2ccc(Cl)cc2)s1. The van der Waals surface area contributed by atoms with Gasteiger partial charge in [-0.1, -0.05) is 23.7 Å². The monoisotopic (exact) mass is 429 g/mol. The zero-order chi connectivity index (χ0) is 20.4. The van der Waals surface area contributed by atoms with Crippen molar-refractivity contribution in [3.8, 4) is 10.6 Å². The summed E-state index contributed by atoms with van der Waals surface area (Å²) in [6.45, 7) is 2.48. The predicted molar refractivity (Wildman–Crippen MR) is 114 cm³/mol. The van der Waals surface area contributed by atoms with Gasteiger partial charge in [0.1, 0.15) is 10.8 Å². The molecule has 9 heteroatoms. The van der Waals surface area contributed by atoms with Crippen molar-refractivity contribution < 1.29 is 9.90 Å². The Bertz CT molecular complexity index is 1010. The number of thiazole rings is 1. The zero-order valence-corrected chi connectivity index (χ0v) is 17.3. The van der Waals surface area contributed by atoms with Crippen LogP contribution in [-0.2, 0) is 4.79 Å². The number of amides is 1. The Labute approximate surface area is 177 Å². The first-order valence-electron chi connectivity index (χ1n) is 9.26. The molecule has 0 saturated carbocycles. The molecule has 1 amide bonds. The number of nitrogens with one attached hydrogen (secondary N) is 1. The standard InChI is InChI=1S/C20H20ClN5O2S/c1-12(16-9-23-19(29-16)14-2-4-15(21)5-3-14)24-20-22-7-6-17(25-20)26-10-13(11-27)8-18(26)28/h2-7,9,12-13,27H,8,10-11H2,1H3,(H,22,24,25)/t12-,13-/m0/s1. The summed E-state index contributed by atoms with van der Waals surface area (Å²) in [7, 11) is 0. The highest BCUT2D eigenvalue weighted by atomic mass is 35.5. The topological polar surface area (TPSA) is 91.2 Å². The molecule has 3 aromatic rings. The van der Waals surface area contributed by atoms with Gasteiger partial charge in [-0.3, -0.25) is 9.69 Å². The lowest BCUT2D eigenvalue weighted by Gasteiger charge is -2.17. The Balaban J connectivity index is 1.47. The molecule has 1 aromatic carbocycles. The van der Waals surface area contributed by atoms with Crippen LogP contribution in [0.2, 0.25) is 5.02 Å². The Hall–Kier alpha value is -2.55. The molecule has 150 valence electrons. The van der Waals surface area contributed by atoms with E-state index in [9.17, 15) is 9.90 Å². The van der Waals surface area contributed by atoms with Crippen molar-refractivity contribution >= 4 is 40.6 Å². The number of carbonyl (C=O) groups is 1. The summed E-state index contributed by atoms with van der Waals surface area (Å²) in [4.78, 5) is 28.1. The van der Waals surface area contributed by atoms with Gasteiger partial charge in [0.25, 0.3) is 0 Å². The van der Waals surface area contributed by atoms with Crippen LogP contribution in [0.4, 0.5) is 11.8 Å². The maximum Gasteiger partial charge on any atom is 0.228 e. The average Bonchev–Trinajstić information content (AvgIpc) is 3.36. The van der Waals surface area contributed by atoms with E-state index in [1.165, 1.54) is 0 Å². The number of halogens is 1. The number of aliphatic hydroxyl groups excluding tert-OH is 1. The fourth-order valence-corrected chi connectivity index (χ4v) is 4.22. The first kappa shape index (κ1) is 19.8. The number of rotatable bonds is 6. The third kappa shape index (κ3) is 4.39. The summed E-state index contributed by atoms with van der Waals surface area (Å²) in [5, 5.41) is 14.2. The van der Waals surface area contributed by atoms with E-state index in [-0.39, 0.29) is 24.5 Å². The highest BCUT2D eigenvalue weighted by Gasteiger charge is 2.31. The predicted octanol–water partition coefficient (Wildman–Crippen LogP) is 3.77. The van der Waals surface area contributed by atoms with Gasteiger partial charge in [0.15, 0.2) is 0 Å². The molecule has 4 rings (SSSR count). The first-order chi connectivity index (χ1) is 14.0. The van der Waals surface area contributed by atoms with Crippen molar-refractivity contribution in [1.29, 1.82) is 0 Å². The van der Waals surface area contributed by atoms with E-state index in [2.05, 4.69) is 20.3 Å². The second kappa shape index (κ2) is 8.44. The molecule has 2 atom stereocenters. The summed E-state index contributed by atoms with van der Waals surface area (Å²) < 4.78 is 0. The summed E-state index contributed by atoms with van der Waals surface area (Å²) in [6, 6.07) is 9.24. The highest BCUT2D eigenvalue weighted by Crippen LogP contribution is 2.31. The Morgan fingerprint density at radius 3 is 2.83 bits per heavy atom. The van der Waals surface area contributed by atoms with Gasteiger partial charge in [0.05, 0.1) is 6.04 Å². The van der Waals surface area contributed by atoms with Crippen LogP contribution in [0.3, 0.4) is 0 Å². The van der Waals surface area contributed by atoms with E-state index in [4.69, 9.17) is 11.6 Å². The van der Waals surface area contributed by atoms with E-state index in [1.807, 2.05) is 37.4 Å². The minimum Gasteiger partial charge on any atom is -0.396 e. The second-order valence-corrected chi connectivity index (χ2v) is 8.43. The fourth-order valence-electron chi connectivity index (χ4n) is 3.17. The van der Waals surface area contributed by atoms with Crippen LogP contribution in [0, 0.1) is 5.92 Å². The van der Waals surface area contributed by atoms with Gasteiger partial charge >= 0.3 is 0 Å². The lowest BCUT2D eigenvalue weighted by molar-refractivity contribution is -0.117. The first-order valence-corrected chi connectivity index (χ1v) is 10.5. The van der Waals surface area contributed by atoms with E-state index >= 15 is 0 Å². The quantitative estimate of drug-likeness (QED) is 0.619. The van der Waals surface area contributed by atoms with E-state index in [0.29, 0.717) is 29.8 Å². The summed E-state index contributed by atoms with van der Waals surface area (Å²) in [5.74, 6) is 0.909. The number of hydrogen-bond donors (Lipinski definition) is 2. The Morgan fingerprint density at radius 2 is 2.10 bits per heavy atom. The molecular weight excluding hydrogens is 410 g/mol. The van der Waals surface area contributed by atoms with Crippen molar-refractivity contribution in [3.63, 3.8) is 0 Å². The third-order valence-corrected chi connectivity index (χ3v) is 6.25. The van der Waals surface area contributed by atoms with Gasteiger partial charge in [0.2, 0.25) is 11.9 Å². The summed E-state index contributed by atoms with van der Waals surface area (Å²) >= 11 is 7.54. The molecule has 0 unspecified atom stereocenters. The van der Waals surface area contributed by atoms with Crippen LogP contribution in [0.15, 0.2) is 42.7 Å². The molecule has 0 bridgehead atoms. The number of aromatic nitrogens is 3. The molecular formula is C20H20ClN5O2S. The molecule has 0 spiro atoms. The number of benzene rings is 1. The van der Waals surface area contributed by atoms with Crippen LogP contribution in [0.1, 0.15) is 24.3 Å². The Kier molecular flexibility index (Phi) is 5.75. The average molecular weight is 430 g/mol. The zero-order valence-electron chi connectivity index (χ0n) is 15.7. The maximum absolute atomic E-state index is 12.2. The van der Waals surface area contributed by atoms with Crippen molar-refractivity contribution in [2.75, 3.05) is 23.4 Å². The molecule has 2 aromatic heterocycles. The third-order valence-electron chi connectivity index (χ3n) is 4.77. The maximum atomic E-state index is 12.2. The van der Waals surface area contributed by atoms with Crippen LogP contribution in [0.25, 0.3) is 10.6 Å². The van der Waals surface area contributed by atoms with Crippen molar-refractivity contribution in [2.24, 2.45) is 5.92 Å². The van der Waals surface area contributed by atoms with Crippen molar-refractivity contribution in [1.82, 2.24) is 15.0 Å². The molecule has 0 aliphatic carbocycles. The van der Waals surface area contributed by atoms with Crippen LogP contribution < -0.4 is 10.2 Å². The Morgan fingerprint density at radius 1 is 1.31 bits per heavy atom. The lowest BCUT2D eigenvalue weighted by Crippen LogP contribution is -2.26. The lowest BCUT2D eigenvalue weighted by atomic mass is 10.1. The second-order valence-electron chi connectivity index (χ2n) is 6.94. The van der Waals surface area contributed by atoms with Gasteiger partial charge in [-0.05, 0) is 25.1 Å². The normalized spacial score (nSPS) is 17.6. The van der Waals surface area contributed by atoms with Gasteiger partial charge in [0, 0.05) is 53.3 Å². The number of anilines is 2. The number of nitrogens with zero attached hydrogens (tertiary/aromatic N) is 4. The molecule has 7 nitrogen and oxygen atoms in total. The molecule has 29 heavy (non-hydrogen) atoms. The van der Waals surface area contributed by atoms with Gasteiger partial charge in [-0.25, -0.2) is 9.97 Å². The molecule has 1 aliphatic rings. The minimum atomic E-state index is -0.0525. The van der Waals surface area contributed by atoms with Crippen molar-refractivity contribution in [3.05, 3.63) is 52.6 Å². The highest BCUT2D eigenvalue weighted by molar-refractivity contribution is 7.15. The van der Waals surface area contributed by atoms with Gasteiger partial charge < -0.3 is 10.4 Å².